The lowest BCUT2D eigenvalue weighted by atomic mass is 10.0. The second kappa shape index (κ2) is 9.70. The van der Waals surface area contributed by atoms with E-state index in [0.717, 1.165) is 0 Å². The molecule has 0 saturated carbocycles. The van der Waals surface area contributed by atoms with Crippen LogP contribution in [0.1, 0.15) is 24.3 Å². The summed E-state index contributed by atoms with van der Waals surface area (Å²) in [5.41, 5.74) is 5.12. The Bertz CT molecular complexity index is 1270. The van der Waals surface area contributed by atoms with Crippen LogP contribution in [0, 0.1) is 29.1 Å². The van der Waals surface area contributed by atoms with Crippen LogP contribution in [0.15, 0.2) is 12.7 Å². The van der Waals surface area contributed by atoms with Crippen molar-refractivity contribution in [3.8, 4) is 0 Å². The van der Waals surface area contributed by atoms with E-state index in [0.29, 0.717) is 0 Å². The fraction of sp³-hybridized carbons (Fsp3) is 0.421. The SMILES string of the molecule is Nc1ncnc2c1ncn2[C@@H]1O[C@H](COP2OCCC(c3c(F)c(F)c(F)c(F)c3F)O2)[C@@H](O)[C@H]1O. The summed E-state index contributed by atoms with van der Waals surface area (Å²) >= 11 is 0. The zero-order chi connectivity index (χ0) is 25.7. The third-order valence-electron chi connectivity index (χ3n) is 5.70. The summed E-state index contributed by atoms with van der Waals surface area (Å²) < 4.78 is 91.9. The number of rotatable bonds is 5. The molecular weight excluding hydrogens is 520 g/mol. The van der Waals surface area contributed by atoms with Gasteiger partial charge in [0.25, 0.3) is 0 Å². The van der Waals surface area contributed by atoms with E-state index < -0.39 is 80.5 Å². The number of nitrogens with zero attached hydrogens (tertiary/aromatic N) is 4. The first-order valence-corrected chi connectivity index (χ1v) is 11.5. The first-order valence-electron chi connectivity index (χ1n) is 10.4. The number of ether oxygens (including phenoxy) is 1. The maximum atomic E-state index is 14.2. The summed E-state index contributed by atoms with van der Waals surface area (Å²) in [6.45, 7) is -0.578. The monoisotopic (exact) mass is 537 g/mol. The van der Waals surface area contributed by atoms with Gasteiger partial charge in [-0.25, -0.2) is 36.9 Å². The quantitative estimate of drug-likeness (QED) is 0.191. The number of imidazole rings is 1. The Labute approximate surface area is 199 Å². The van der Waals surface area contributed by atoms with Crippen LogP contribution in [0.2, 0.25) is 0 Å². The smallest absolute Gasteiger partial charge is 0.333 e. The summed E-state index contributed by atoms with van der Waals surface area (Å²) in [4.78, 5) is 11.9. The maximum Gasteiger partial charge on any atom is 0.333 e. The van der Waals surface area contributed by atoms with Crippen LogP contribution in [0.25, 0.3) is 11.2 Å². The molecule has 4 N–H and O–H groups in total. The van der Waals surface area contributed by atoms with Crippen molar-refractivity contribution in [3.63, 3.8) is 0 Å². The van der Waals surface area contributed by atoms with Gasteiger partial charge in [-0.05, 0) is 0 Å². The Morgan fingerprint density at radius 1 is 1.03 bits per heavy atom. The summed E-state index contributed by atoms with van der Waals surface area (Å²) in [7, 11) is -2.33. The molecule has 11 nitrogen and oxygen atoms in total. The van der Waals surface area contributed by atoms with E-state index in [2.05, 4.69) is 15.0 Å². The van der Waals surface area contributed by atoms with E-state index in [-0.39, 0.29) is 30.0 Å². The molecule has 2 aliphatic heterocycles. The molecule has 0 bridgehead atoms. The number of nitrogen functional groups attached to an aromatic ring is 1. The molecule has 0 spiro atoms. The number of hydrogen-bond donors (Lipinski definition) is 3. The molecule has 5 rings (SSSR count). The first kappa shape index (κ1) is 25.1. The topological polar surface area (TPSA) is 147 Å². The number of aliphatic hydroxyl groups is 2. The van der Waals surface area contributed by atoms with Gasteiger partial charge in [0.15, 0.2) is 41.0 Å². The predicted molar refractivity (Wildman–Crippen MR) is 109 cm³/mol. The van der Waals surface area contributed by atoms with Crippen LogP contribution >= 0.6 is 8.60 Å². The highest BCUT2D eigenvalue weighted by Crippen LogP contribution is 2.51. The molecule has 17 heteroatoms. The van der Waals surface area contributed by atoms with Crippen molar-refractivity contribution < 1.29 is 50.5 Å². The number of nitrogens with two attached hydrogens (primary N) is 1. The van der Waals surface area contributed by atoms with Gasteiger partial charge in [-0.1, -0.05) is 0 Å². The van der Waals surface area contributed by atoms with Crippen LogP contribution in [0.4, 0.5) is 27.8 Å². The van der Waals surface area contributed by atoms with Crippen LogP contribution in [0.3, 0.4) is 0 Å². The largest absolute Gasteiger partial charge is 0.387 e. The van der Waals surface area contributed by atoms with E-state index in [9.17, 15) is 32.2 Å². The molecule has 2 saturated heterocycles. The van der Waals surface area contributed by atoms with Gasteiger partial charge in [-0.15, -0.1) is 0 Å². The zero-order valence-corrected chi connectivity index (χ0v) is 18.8. The average Bonchev–Trinajstić information content (AvgIpc) is 3.42. The van der Waals surface area contributed by atoms with Crippen LogP contribution in [-0.2, 0) is 18.3 Å². The van der Waals surface area contributed by atoms with Gasteiger partial charge in [-0.3, -0.25) is 4.57 Å². The van der Waals surface area contributed by atoms with Crippen molar-refractivity contribution in [1.82, 2.24) is 19.5 Å². The molecule has 2 unspecified atom stereocenters. The Morgan fingerprint density at radius 3 is 2.44 bits per heavy atom. The molecule has 0 radical (unpaired) electrons. The highest BCUT2D eigenvalue weighted by molar-refractivity contribution is 7.41. The normalized spacial score (nSPS) is 28.8. The fourth-order valence-corrected chi connectivity index (χ4v) is 5.02. The molecule has 2 aromatic heterocycles. The summed E-state index contributed by atoms with van der Waals surface area (Å²) in [6.07, 6.45) is -4.39. The molecule has 4 heterocycles. The minimum Gasteiger partial charge on any atom is -0.387 e. The van der Waals surface area contributed by atoms with Crippen molar-refractivity contribution in [3.05, 3.63) is 47.3 Å². The third-order valence-corrected chi connectivity index (χ3v) is 6.88. The van der Waals surface area contributed by atoms with E-state index in [1.165, 1.54) is 17.2 Å². The van der Waals surface area contributed by atoms with Gasteiger partial charge in [-0.2, -0.15) is 0 Å². The molecular formula is C19H17F5N5O6P. The molecule has 6 atom stereocenters. The van der Waals surface area contributed by atoms with Gasteiger partial charge >= 0.3 is 8.60 Å². The second-order valence-corrected chi connectivity index (χ2v) is 9.02. The minimum absolute atomic E-state index is 0.101. The molecule has 2 aliphatic rings. The van der Waals surface area contributed by atoms with Gasteiger partial charge in [0.05, 0.1) is 31.2 Å². The molecule has 0 aliphatic carbocycles. The molecule has 2 fully saturated rings. The number of hydrogen-bond acceptors (Lipinski definition) is 10. The van der Waals surface area contributed by atoms with E-state index in [1.54, 1.807) is 0 Å². The van der Waals surface area contributed by atoms with Gasteiger partial charge in [0.1, 0.15) is 30.2 Å². The number of anilines is 1. The summed E-state index contributed by atoms with van der Waals surface area (Å²) in [5.74, 6) is -10.4. The molecule has 3 aromatic rings. The average molecular weight is 537 g/mol. The van der Waals surface area contributed by atoms with Gasteiger partial charge in [0.2, 0.25) is 5.82 Å². The highest BCUT2D eigenvalue weighted by Gasteiger charge is 2.45. The standard InChI is InChI=1S/C19H17F5N5O6P/c20-9-8(10(21)12(23)13(24)11(9)22)6-1-2-32-36(35-6)33-3-7-15(30)16(31)19(34-7)29-5-28-14-17(25)26-4-27-18(14)29/h4-7,15-16,19,30-31H,1-3H2,(H2,25,26,27)/t6?,7-,15-,16-,19-,36?/m1/s1. The van der Waals surface area contributed by atoms with Crippen molar-refractivity contribution in [2.75, 3.05) is 18.9 Å². The Balaban J connectivity index is 1.27. The molecule has 36 heavy (non-hydrogen) atoms. The van der Waals surface area contributed by atoms with Gasteiger partial charge in [0, 0.05) is 6.42 Å². The van der Waals surface area contributed by atoms with Crippen LogP contribution in [0.5, 0.6) is 0 Å². The third kappa shape index (κ3) is 4.18. The highest BCUT2D eigenvalue weighted by atomic mass is 31.2. The van der Waals surface area contributed by atoms with Crippen molar-refractivity contribution in [1.29, 1.82) is 0 Å². The van der Waals surface area contributed by atoms with E-state index >= 15 is 0 Å². The predicted octanol–water partition coefficient (Wildman–Crippen LogP) is 2.14. The van der Waals surface area contributed by atoms with Crippen LogP contribution in [-0.4, -0.2) is 61.3 Å². The lowest BCUT2D eigenvalue weighted by Gasteiger charge is -2.29. The zero-order valence-electron chi connectivity index (χ0n) is 17.9. The molecule has 1 aromatic carbocycles. The lowest BCUT2D eigenvalue weighted by Crippen LogP contribution is -2.33. The van der Waals surface area contributed by atoms with Crippen LogP contribution < -0.4 is 5.73 Å². The Hall–Kier alpha value is -2.59. The lowest BCUT2D eigenvalue weighted by molar-refractivity contribution is -0.0531. The maximum absolute atomic E-state index is 14.2. The Morgan fingerprint density at radius 2 is 1.72 bits per heavy atom. The van der Waals surface area contributed by atoms with Crippen molar-refractivity contribution >= 4 is 25.6 Å². The number of halogens is 5. The molecule has 194 valence electrons. The fourth-order valence-electron chi connectivity index (χ4n) is 3.88. The summed E-state index contributed by atoms with van der Waals surface area (Å²) in [6, 6.07) is 0. The van der Waals surface area contributed by atoms with Crippen molar-refractivity contribution in [2.45, 2.75) is 37.1 Å². The number of benzene rings is 1. The first-order chi connectivity index (χ1) is 17.2. The van der Waals surface area contributed by atoms with E-state index in [1.807, 2.05) is 0 Å². The number of aromatic nitrogens is 4. The van der Waals surface area contributed by atoms with E-state index in [4.69, 9.17) is 24.0 Å². The number of aliphatic hydroxyl groups excluding tert-OH is 2. The van der Waals surface area contributed by atoms with Crippen molar-refractivity contribution in [2.24, 2.45) is 0 Å². The van der Waals surface area contributed by atoms with Gasteiger partial charge < -0.3 is 34.3 Å². The summed E-state index contributed by atoms with van der Waals surface area (Å²) in [5, 5.41) is 20.9. The second-order valence-electron chi connectivity index (χ2n) is 7.85. The Kier molecular flexibility index (Phi) is 6.76. The number of fused-ring (bicyclic) bond motifs is 1. The molecule has 0 amide bonds. The minimum atomic E-state index is -2.33.